The topological polar surface area (TPSA) is 48.7 Å². The summed E-state index contributed by atoms with van der Waals surface area (Å²) in [6.07, 6.45) is 3.31. The molecule has 0 aliphatic rings. The summed E-state index contributed by atoms with van der Waals surface area (Å²) in [7, 11) is 0. The number of pyridine rings is 1. The summed E-state index contributed by atoms with van der Waals surface area (Å²) >= 11 is 1.78. The molecule has 2 rings (SSSR count). The second-order valence-corrected chi connectivity index (χ2v) is 5.18. The van der Waals surface area contributed by atoms with Gasteiger partial charge < -0.3 is 5.32 Å². The van der Waals surface area contributed by atoms with Crippen LogP contribution in [0.1, 0.15) is 20.9 Å². The number of nitrogens with one attached hydrogen (secondary N) is 1. The summed E-state index contributed by atoms with van der Waals surface area (Å²) < 4.78 is 0. The fraction of sp³-hybridized carbons (Fsp3) is 0.231. The molecule has 0 unspecified atom stereocenters. The average molecular weight is 243 g/mol. The highest BCUT2D eigenvalue weighted by molar-refractivity contribution is 7.12. The zero-order valence-electron chi connectivity index (χ0n) is 9.82. The molecule has 0 saturated carbocycles. The van der Waals surface area contributed by atoms with Crippen LogP contribution < -0.4 is 5.32 Å². The van der Waals surface area contributed by atoms with Crippen LogP contribution in [0.2, 0.25) is 0 Å². The number of rotatable bonds is 3. The summed E-state index contributed by atoms with van der Waals surface area (Å²) in [5, 5.41) is 12.2. The number of aromatic nitrogens is 1. The van der Waals surface area contributed by atoms with E-state index in [0.29, 0.717) is 5.56 Å². The molecule has 2 aromatic heterocycles. The van der Waals surface area contributed by atoms with E-state index in [-0.39, 0.29) is 0 Å². The predicted molar refractivity (Wildman–Crippen MR) is 70.1 cm³/mol. The largest absolute Gasteiger partial charge is 0.378 e. The summed E-state index contributed by atoms with van der Waals surface area (Å²) in [4.78, 5) is 6.63. The number of nitrogens with zero attached hydrogens (tertiary/aromatic N) is 2. The van der Waals surface area contributed by atoms with Crippen LogP contribution in [0.25, 0.3) is 0 Å². The molecular weight excluding hydrogens is 230 g/mol. The zero-order valence-corrected chi connectivity index (χ0v) is 10.6. The van der Waals surface area contributed by atoms with E-state index in [4.69, 9.17) is 5.26 Å². The Hall–Kier alpha value is -1.86. The van der Waals surface area contributed by atoms with Gasteiger partial charge in [0.15, 0.2) is 0 Å². The quantitative estimate of drug-likeness (QED) is 0.900. The fourth-order valence-corrected chi connectivity index (χ4v) is 2.55. The fourth-order valence-electron chi connectivity index (χ4n) is 1.55. The lowest BCUT2D eigenvalue weighted by Crippen LogP contribution is -2.00. The van der Waals surface area contributed by atoms with E-state index in [9.17, 15) is 0 Å². The number of aryl methyl sites for hydroxylation is 2. The van der Waals surface area contributed by atoms with Crippen molar-refractivity contribution in [2.24, 2.45) is 0 Å². The van der Waals surface area contributed by atoms with E-state index in [0.717, 1.165) is 12.2 Å². The van der Waals surface area contributed by atoms with Crippen LogP contribution in [-0.2, 0) is 6.54 Å². The standard InChI is InChI=1S/C13H13N3S/c1-9-5-12(17-10(9)2)7-16-13-8-15-4-3-11(13)6-14/h3-5,8,16H,7H2,1-2H3. The lowest BCUT2D eigenvalue weighted by Gasteiger charge is -2.05. The molecule has 0 saturated heterocycles. The Morgan fingerprint density at radius 3 is 2.94 bits per heavy atom. The molecule has 0 radical (unpaired) electrons. The third-order valence-electron chi connectivity index (χ3n) is 2.61. The van der Waals surface area contributed by atoms with E-state index in [1.54, 1.807) is 29.8 Å². The molecule has 0 atom stereocenters. The van der Waals surface area contributed by atoms with E-state index >= 15 is 0 Å². The normalized spacial score (nSPS) is 9.94. The molecule has 2 aromatic rings. The first-order valence-electron chi connectivity index (χ1n) is 5.34. The second kappa shape index (κ2) is 4.98. The van der Waals surface area contributed by atoms with Gasteiger partial charge in [-0.2, -0.15) is 5.26 Å². The van der Waals surface area contributed by atoms with Crippen molar-refractivity contribution < 1.29 is 0 Å². The lowest BCUT2D eigenvalue weighted by molar-refractivity contribution is 1.16. The molecular formula is C13H13N3S. The lowest BCUT2D eigenvalue weighted by atomic mass is 10.2. The van der Waals surface area contributed by atoms with Gasteiger partial charge in [0, 0.05) is 22.5 Å². The molecule has 4 heteroatoms. The number of thiophene rings is 1. The van der Waals surface area contributed by atoms with E-state index in [1.165, 1.54) is 15.3 Å². The van der Waals surface area contributed by atoms with Crippen LogP contribution in [0.3, 0.4) is 0 Å². The SMILES string of the molecule is Cc1cc(CNc2cnccc2C#N)sc1C. The molecule has 17 heavy (non-hydrogen) atoms. The Kier molecular flexibility index (Phi) is 3.40. The Morgan fingerprint density at radius 2 is 2.29 bits per heavy atom. The zero-order chi connectivity index (χ0) is 12.3. The second-order valence-electron chi connectivity index (χ2n) is 3.84. The van der Waals surface area contributed by atoms with Crippen molar-refractivity contribution in [3.05, 3.63) is 45.4 Å². The highest BCUT2D eigenvalue weighted by atomic mass is 32.1. The molecule has 0 fully saturated rings. The average Bonchev–Trinajstić information content (AvgIpc) is 2.66. The van der Waals surface area contributed by atoms with Crippen molar-refractivity contribution in [2.75, 3.05) is 5.32 Å². The van der Waals surface area contributed by atoms with Crippen molar-refractivity contribution in [1.82, 2.24) is 4.98 Å². The molecule has 3 nitrogen and oxygen atoms in total. The third-order valence-corrected chi connectivity index (χ3v) is 3.76. The number of nitriles is 1. The van der Waals surface area contributed by atoms with Gasteiger partial charge in [-0.05, 0) is 31.5 Å². The first kappa shape index (κ1) is 11.6. The van der Waals surface area contributed by atoms with Gasteiger partial charge in [0.1, 0.15) is 6.07 Å². The Morgan fingerprint density at radius 1 is 1.47 bits per heavy atom. The highest BCUT2D eigenvalue weighted by Gasteiger charge is 2.04. The summed E-state index contributed by atoms with van der Waals surface area (Å²) in [6, 6.07) is 6.04. The minimum atomic E-state index is 0.630. The van der Waals surface area contributed by atoms with E-state index < -0.39 is 0 Å². The predicted octanol–water partition coefficient (Wildman–Crippen LogP) is 3.24. The van der Waals surface area contributed by atoms with Crippen LogP contribution in [0.15, 0.2) is 24.5 Å². The van der Waals surface area contributed by atoms with Crippen LogP contribution >= 0.6 is 11.3 Å². The molecule has 0 bridgehead atoms. The van der Waals surface area contributed by atoms with E-state index in [2.05, 4.69) is 36.3 Å². The van der Waals surface area contributed by atoms with Crippen LogP contribution in [0.4, 0.5) is 5.69 Å². The van der Waals surface area contributed by atoms with Crippen molar-refractivity contribution in [1.29, 1.82) is 5.26 Å². The first-order chi connectivity index (χ1) is 8.20. The first-order valence-corrected chi connectivity index (χ1v) is 6.16. The maximum absolute atomic E-state index is 8.95. The Bertz CT molecular complexity index is 547. The molecule has 0 aliphatic heterocycles. The number of hydrogen-bond acceptors (Lipinski definition) is 4. The summed E-state index contributed by atoms with van der Waals surface area (Å²) in [5.74, 6) is 0. The number of anilines is 1. The summed E-state index contributed by atoms with van der Waals surface area (Å²) in [6.45, 7) is 4.97. The molecule has 0 spiro atoms. The van der Waals surface area contributed by atoms with Crippen LogP contribution in [-0.4, -0.2) is 4.98 Å². The van der Waals surface area contributed by atoms with Gasteiger partial charge in [-0.25, -0.2) is 0 Å². The highest BCUT2D eigenvalue weighted by Crippen LogP contribution is 2.22. The number of hydrogen-bond donors (Lipinski definition) is 1. The van der Waals surface area contributed by atoms with E-state index in [1.807, 2.05) is 0 Å². The van der Waals surface area contributed by atoms with Crippen molar-refractivity contribution in [3.63, 3.8) is 0 Å². The van der Waals surface area contributed by atoms with Crippen molar-refractivity contribution >= 4 is 17.0 Å². The minimum Gasteiger partial charge on any atom is -0.378 e. The molecule has 1 N–H and O–H groups in total. The molecule has 2 heterocycles. The maximum atomic E-state index is 8.95. The van der Waals surface area contributed by atoms with Gasteiger partial charge in [0.25, 0.3) is 0 Å². The van der Waals surface area contributed by atoms with Crippen LogP contribution in [0, 0.1) is 25.2 Å². The van der Waals surface area contributed by atoms with Crippen molar-refractivity contribution in [2.45, 2.75) is 20.4 Å². The monoisotopic (exact) mass is 243 g/mol. The van der Waals surface area contributed by atoms with Gasteiger partial charge >= 0.3 is 0 Å². The van der Waals surface area contributed by atoms with Gasteiger partial charge in [-0.15, -0.1) is 11.3 Å². The van der Waals surface area contributed by atoms with Gasteiger partial charge in [-0.1, -0.05) is 0 Å². The molecule has 0 amide bonds. The third kappa shape index (κ3) is 2.63. The Labute approximate surface area is 105 Å². The molecule has 86 valence electrons. The smallest absolute Gasteiger partial charge is 0.101 e. The van der Waals surface area contributed by atoms with Gasteiger partial charge in [0.2, 0.25) is 0 Å². The molecule has 0 aromatic carbocycles. The molecule has 0 aliphatic carbocycles. The summed E-state index contributed by atoms with van der Waals surface area (Å²) in [5.41, 5.74) is 2.74. The van der Waals surface area contributed by atoms with Crippen molar-refractivity contribution in [3.8, 4) is 6.07 Å². The van der Waals surface area contributed by atoms with Gasteiger partial charge in [0.05, 0.1) is 17.4 Å². The Balaban J connectivity index is 2.10. The van der Waals surface area contributed by atoms with Crippen LogP contribution in [0.5, 0.6) is 0 Å². The maximum Gasteiger partial charge on any atom is 0.101 e. The minimum absolute atomic E-state index is 0.630. The van der Waals surface area contributed by atoms with Gasteiger partial charge in [-0.3, -0.25) is 4.98 Å².